The van der Waals surface area contributed by atoms with Gasteiger partial charge in [-0.25, -0.2) is 8.42 Å². The number of amides is 1. The van der Waals surface area contributed by atoms with Crippen LogP contribution in [0, 0.1) is 5.92 Å². The minimum Gasteiger partial charge on any atom is -0.395 e. The van der Waals surface area contributed by atoms with E-state index in [9.17, 15) is 22.0 Å². The predicted octanol–water partition coefficient (Wildman–Crippen LogP) is 4.84. The molecule has 0 fully saturated rings. The van der Waals surface area contributed by atoms with Crippen LogP contribution in [0.15, 0.2) is 59.6 Å². The maximum absolute atomic E-state index is 13.4. The number of hydrogen-bond donors (Lipinski definition) is 1. The first-order valence-electron chi connectivity index (χ1n) is 12.7. The molecule has 0 bridgehead atoms. The van der Waals surface area contributed by atoms with E-state index in [-0.39, 0.29) is 46.6 Å². The van der Waals surface area contributed by atoms with Crippen molar-refractivity contribution in [2.45, 2.75) is 57.6 Å². The molecule has 1 N–H and O–H groups in total. The molecule has 1 atom stereocenters. The highest BCUT2D eigenvalue weighted by molar-refractivity contribution is 7.91. The second-order valence-electron chi connectivity index (χ2n) is 10.0. The molecule has 11 heteroatoms. The van der Waals surface area contributed by atoms with Crippen LogP contribution in [0.4, 0.5) is 8.78 Å². The van der Waals surface area contributed by atoms with Gasteiger partial charge in [-0.2, -0.15) is 0 Å². The number of carbonyl (C=O) groups is 1. The molecule has 0 saturated heterocycles. The smallest absolute Gasteiger partial charge is 0.395 e. The zero-order valence-corrected chi connectivity index (χ0v) is 22.6. The molecule has 2 aliphatic heterocycles. The number of pyridine rings is 1. The minimum atomic E-state index is -3.66. The molecular formula is C28H29F2N3O5S. The summed E-state index contributed by atoms with van der Waals surface area (Å²) in [5, 5.41) is 2.87. The molecule has 3 heterocycles. The summed E-state index contributed by atoms with van der Waals surface area (Å²) in [6.45, 7) is 7.04. The van der Waals surface area contributed by atoms with Gasteiger partial charge in [0.25, 0.3) is 5.91 Å². The lowest BCUT2D eigenvalue weighted by Crippen LogP contribution is -2.26. The van der Waals surface area contributed by atoms with Gasteiger partial charge in [0, 0.05) is 25.8 Å². The van der Waals surface area contributed by atoms with Gasteiger partial charge in [0.15, 0.2) is 21.3 Å². The molecule has 206 valence electrons. The number of nitrogens with one attached hydrogen (secondary N) is 1. The van der Waals surface area contributed by atoms with Crippen LogP contribution in [0.5, 0.6) is 11.5 Å². The fourth-order valence-corrected chi connectivity index (χ4v) is 5.90. The lowest BCUT2D eigenvalue weighted by Gasteiger charge is -2.27. The predicted molar refractivity (Wildman–Crippen MR) is 139 cm³/mol. The summed E-state index contributed by atoms with van der Waals surface area (Å²) in [4.78, 5) is 20.0. The number of carbonyl (C=O) groups excluding carboxylic acids is 1. The van der Waals surface area contributed by atoms with Crippen LogP contribution in [-0.2, 0) is 29.5 Å². The van der Waals surface area contributed by atoms with Crippen molar-refractivity contribution in [3.63, 3.8) is 0 Å². The number of rotatable bonds is 8. The van der Waals surface area contributed by atoms with Gasteiger partial charge in [-0.15, -0.1) is 8.78 Å². The number of hydrogen-bond acceptors (Lipinski definition) is 7. The first-order chi connectivity index (χ1) is 18.5. The first-order valence-corrected chi connectivity index (χ1v) is 14.3. The van der Waals surface area contributed by atoms with Crippen molar-refractivity contribution >= 4 is 15.7 Å². The van der Waals surface area contributed by atoms with Crippen LogP contribution in [-0.4, -0.2) is 36.3 Å². The van der Waals surface area contributed by atoms with Crippen LogP contribution < -0.4 is 14.8 Å². The zero-order chi connectivity index (χ0) is 27.9. The molecule has 0 saturated carbocycles. The number of ether oxygens (including phenoxy) is 2. The molecule has 8 nitrogen and oxygen atoms in total. The number of halogens is 2. The Morgan fingerprint density at radius 3 is 2.49 bits per heavy atom. The van der Waals surface area contributed by atoms with Crippen LogP contribution in [0.3, 0.4) is 0 Å². The van der Waals surface area contributed by atoms with Crippen LogP contribution in [0.1, 0.15) is 59.6 Å². The van der Waals surface area contributed by atoms with Crippen LogP contribution in [0.2, 0.25) is 0 Å². The van der Waals surface area contributed by atoms with E-state index in [1.54, 1.807) is 49.5 Å². The summed E-state index contributed by atoms with van der Waals surface area (Å²) in [7, 11) is -3.28. The third kappa shape index (κ3) is 5.60. The Morgan fingerprint density at radius 1 is 1.10 bits per heavy atom. The highest BCUT2D eigenvalue weighted by atomic mass is 32.2. The van der Waals surface area contributed by atoms with Gasteiger partial charge in [-0.05, 0) is 52.9 Å². The average Bonchev–Trinajstić information content (AvgIpc) is 3.41. The molecule has 5 rings (SSSR count). The summed E-state index contributed by atoms with van der Waals surface area (Å²) in [5.74, 6) is -0.0238. The van der Waals surface area contributed by atoms with Gasteiger partial charge in [0.05, 0.1) is 27.9 Å². The molecule has 2 aromatic carbocycles. The second kappa shape index (κ2) is 10.2. The molecule has 0 aliphatic carbocycles. The summed E-state index contributed by atoms with van der Waals surface area (Å²) in [6.07, 6.45) is -2.10. The monoisotopic (exact) mass is 557 g/mol. The van der Waals surface area contributed by atoms with E-state index in [0.29, 0.717) is 18.7 Å². The molecule has 1 aromatic heterocycles. The molecule has 3 aromatic rings. The maximum Gasteiger partial charge on any atom is 0.586 e. The zero-order valence-electron chi connectivity index (χ0n) is 21.8. The Bertz CT molecular complexity index is 1510. The summed E-state index contributed by atoms with van der Waals surface area (Å²) < 4.78 is 59.9. The second-order valence-corrected chi connectivity index (χ2v) is 12.3. The van der Waals surface area contributed by atoms with E-state index in [2.05, 4.69) is 38.5 Å². The van der Waals surface area contributed by atoms with Gasteiger partial charge in [0.1, 0.15) is 0 Å². The molecule has 39 heavy (non-hydrogen) atoms. The SMILES string of the molecule is CCS(=O)(=O)c1ccc(CNC(=O)c2cnc3c(c2)CN(Cc2ccc4c(c2)OC(F)(F)O4)[C@H]3C(C)C)cc1. The summed E-state index contributed by atoms with van der Waals surface area (Å²) in [5.41, 5.74) is 3.82. The Labute approximate surface area is 225 Å². The first kappa shape index (κ1) is 27.0. The molecule has 1 amide bonds. The van der Waals surface area contributed by atoms with Crippen molar-refractivity contribution in [2.75, 3.05) is 5.75 Å². The lowest BCUT2D eigenvalue weighted by atomic mass is 9.99. The number of alkyl halides is 2. The van der Waals surface area contributed by atoms with E-state index < -0.39 is 16.1 Å². The van der Waals surface area contributed by atoms with Crippen molar-refractivity contribution < 1.29 is 31.5 Å². The average molecular weight is 558 g/mol. The summed E-state index contributed by atoms with van der Waals surface area (Å²) >= 11 is 0. The van der Waals surface area contributed by atoms with Crippen molar-refractivity contribution in [3.05, 3.63) is 82.7 Å². The van der Waals surface area contributed by atoms with Gasteiger partial charge in [0.2, 0.25) is 0 Å². The van der Waals surface area contributed by atoms with Gasteiger partial charge in [-0.1, -0.05) is 39.0 Å². The number of nitrogens with zero attached hydrogens (tertiary/aromatic N) is 2. The van der Waals surface area contributed by atoms with Gasteiger partial charge < -0.3 is 14.8 Å². The number of sulfone groups is 1. The molecular weight excluding hydrogens is 528 g/mol. The number of fused-ring (bicyclic) bond motifs is 2. The van der Waals surface area contributed by atoms with E-state index in [1.807, 2.05) is 6.07 Å². The summed E-state index contributed by atoms with van der Waals surface area (Å²) in [6, 6.07) is 13.1. The molecule has 0 spiro atoms. The molecule has 0 radical (unpaired) electrons. The third-order valence-corrected chi connectivity index (χ3v) is 8.66. The maximum atomic E-state index is 13.4. The van der Waals surface area contributed by atoms with Crippen molar-refractivity contribution in [2.24, 2.45) is 5.92 Å². The highest BCUT2D eigenvalue weighted by Gasteiger charge is 2.43. The normalized spacial score (nSPS) is 17.8. The topological polar surface area (TPSA) is 97.8 Å². The standard InChI is InChI=1S/C28H29F2N3O5S/c1-4-39(35,36)22-8-5-18(6-9-22)13-32-27(34)20-12-21-16-33(26(17(2)3)25(21)31-14-20)15-19-7-10-23-24(11-19)38-28(29,30)37-23/h5-12,14,17,26H,4,13,15-16H2,1-3H3,(H,32,34)/t26-/m0/s1. The van der Waals surface area contributed by atoms with Crippen LogP contribution >= 0.6 is 0 Å². The Hall–Kier alpha value is -3.57. The Balaban J connectivity index is 1.27. The van der Waals surface area contributed by atoms with E-state index in [4.69, 9.17) is 0 Å². The molecule has 2 aliphatic rings. The third-order valence-electron chi connectivity index (χ3n) is 6.91. The lowest BCUT2D eigenvalue weighted by molar-refractivity contribution is -0.286. The van der Waals surface area contributed by atoms with Crippen molar-refractivity contribution in [3.8, 4) is 11.5 Å². The fourth-order valence-electron chi connectivity index (χ4n) is 5.01. The minimum absolute atomic E-state index is 0.00752. The largest absolute Gasteiger partial charge is 0.586 e. The Morgan fingerprint density at radius 2 is 1.79 bits per heavy atom. The van der Waals surface area contributed by atoms with E-state index in [0.717, 1.165) is 22.4 Å². The van der Waals surface area contributed by atoms with Crippen molar-refractivity contribution in [1.82, 2.24) is 15.2 Å². The molecule has 0 unspecified atom stereocenters. The quantitative estimate of drug-likeness (QED) is 0.423. The Kier molecular flexibility index (Phi) is 7.06. The number of aromatic nitrogens is 1. The highest BCUT2D eigenvalue weighted by Crippen LogP contribution is 2.43. The van der Waals surface area contributed by atoms with E-state index in [1.165, 1.54) is 6.07 Å². The number of benzene rings is 2. The van der Waals surface area contributed by atoms with E-state index >= 15 is 0 Å². The van der Waals surface area contributed by atoms with Crippen molar-refractivity contribution in [1.29, 1.82) is 0 Å². The van der Waals surface area contributed by atoms with Gasteiger partial charge >= 0.3 is 6.29 Å². The van der Waals surface area contributed by atoms with Gasteiger partial charge in [-0.3, -0.25) is 14.7 Å². The van der Waals surface area contributed by atoms with Crippen LogP contribution in [0.25, 0.3) is 0 Å². The fraction of sp³-hybridized carbons (Fsp3) is 0.357.